The van der Waals surface area contributed by atoms with Crippen molar-refractivity contribution in [2.75, 3.05) is 0 Å². The van der Waals surface area contributed by atoms with Crippen molar-refractivity contribution in [2.45, 2.75) is 39.5 Å². The summed E-state index contributed by atoms with van der Waals surface area (Å²) in [7, 11) is 0. The monoisotopic (exact) mass is 310 g/mol. The van der Waals surface area contributed by atoms with E-state index in [2.05, 4.69) is 0 Å². The minimum atomic E-state index is -1.75. The molecule has 3 aliphatic rings. The SMILES string of the molecule is Cc1ccc(/C(F)=C(\F)C23CCC(C)(CC2)C(F)=C3F)cc1. The van der Waals surface area contributed by atoms with Crippen molar-refractivity contribution in [3.8, 4) is 0 Å². The lowest BCUT2D eigenvalue weighted by Gasteiger charge is -2.48. The van der Waals surface area contributed by atoms with Gasteiger partial charge in [0.15, 0.2) is 5.83 Å². The molecule has 0 aromatic heterocycles. The molecule has 1 fully saturated rings. The summed E-state index contributed by atoms with van der Waals surface area (Å²) in [6.45, 7) is 3.48. The smallest absolute Gasteiger partial charge is 0.162 e. The van der Waals surface area contributed by atoms with Crippen LogP contribution in [-0.4, -0.2) is 0 Å². The van der Waals surface area contributed by atoms with E-state index in [-0.39, 0.29) is 18.4 Å². The number of allylic oxidation sites excluding steroid dienone is 3. The average molecular weight is 310 g/mol. The van der Waals surface area contributed by atoms with Crippen LogP contribution in [0.15, 0.2) is 41.7 Å². The minimum absolute atomic E-state index is 0.0598. The lowest BCUT2D eigenvalue weighted by Crippen LogP contribution is -2.41. The molecule has 0 N–H and O–H groups in total. The zero-order chi connectivity index (χ0) is 16.1. The molecule has 0 unspecified atom stereocenters. The number of aryl methyl sites for hydroxylation is 1. The Morgan fingerprint density at radius 1 is 0.909 bits per heavy atom. The van der Waals surface area contributed by atoms with Crippen LogP contribution in [0.25, 0.3) is 5.83 Å². The summed E-state index contributed by atoms with van der Waals surface area (Å²) in [5, 5.41) is 0. The number of rotatable bonds is 2. The standard InChI is InChI=1S/C18H18F4/c1-11-3-5-12(6-4-11)13(19)14(20)18-9-7-17(2,8-10-18)15(21)16(18)22/h3-6H,7-10H2,1-2H3/b14-13+. The van der Waals surface area contributed by atoms with Crippen molar-refractivity contribution in [3.05, 3.63) is 52.9 Å². The molecule has 4 rings (SSSR count). The largest absolute Gasteiger partial charge is 0.208 e. The first-order valence-corrected chi connectivity index (χ1v) is 7.49. The molecule has 0 saturated heterocycles. The van der Waals surface area contributed by atoms with Crippen LogP contribution in [0.4, 0.5) is 17.6 Å². The van der Waals surface area contributed by atoms with E-state index >= 15 is 0 Å². The van der Waals surface area contributed by atoms with Crippen LogP contribution in [0, 0.1) is 17.8 Å². The Kier molecular flexibility index (Phi) is 3.46. The Labute approximate surface area is 127 Å². The lowest BCUT2D eigenvalue weighted by atomic mass is 9.57. The molecule has 2 bridgehead atoms. The lowest BCUT2D eigenvalue weighted by molar-refractivity contribution is 0.0648. The third-order valence-electron chi connectivity index (χ3n) is 5.27. The van der Waals surface area contributed by atoms with Crippen LogP contribution < -0.4 is 0 Å². The van der Waals surface area contributed by atoms with E-state index in [0.29, 0.717) is 12.8 Å². The van der Waals surface area contributed by atoms with Crippen LogP contribution in [0.1, 0.15) is 43.7 Å². The predicted octanol–water partition coefficient (Wildman–Crippen LogP) is 6.33. The van der Waals surface area contributed by atoms with Crippen molar-refractivity contribution in [1.82, 2.24) is 0 Å². The maximum absolute atomic E-state index is 14.8. The van der Waals surface area contributed by atoms with Gasteiger partial charge >= 0.3 is 0 Å². The summed E-state index contributed by atoms with van der Waals surface area (Å²) in [5.74, 6) is -4.29. The average Bonchev–Trinajstić information content (AvgIpc) is 2.52. The molecule has 0 amide bonds. The summed E-state index contributed by atoms with van der Waals surface area (Å²) in [4.78, 5) is 0. The quantitative estimate of drug-likeness (QED) is 0.560. The van der Waals surface area contributed by atoms with Crippen molar-refractivity contribution >= 4 is 5.83 Å². The summed E-state index contributed by atoms with van der Waals surface area (Å²) in [6.07, 6.45) is 0.878. The van der Waals surface area contributed by atoms with E-state index in [4.69, 9.17) is 0 Å². The van der Waals surface area contributed by atoms with Gasteiger partial charge in [0.05, 0.1) is 5.41 Å². The van der Waals surface area contributed by atoms with E-state index < -0.39 is 34.1 Å². The summed E-state index contributed by atoms with van der Waals surface area (Å²) >= 11 is 0. The van der Waals surface area contributed by atoms with Crippen LogP contribution in [0.2, 0.25) is 0 Å². The Balaban J connectivity index is 2.10. The second kappa shape index (κ2) is 4.97. The molecule has 4 heteroatoms. The highest BCUT2D eigenvalue weighted by atomic mass is 19.2. The Morgan fingerprint density at radius 2 is 1.45 bits per heavy atom. The first kappa shape index (κ1) is 15.3. The molecule has 0 spiro atoms. The second-order valence-corrected chi connectivity index (χ2v) is 6.76. The molecule has 0 nitrogen and oxygen atoms in total. The van der Waals surface area contributed by atoms with Gasteiger partial charge < -0.3 is 0 Å². The number of hydrogen-bond acceptors (Lipinski definition) is 0. The van der Waals surface area contributed by atoms with E-state index in [1.54, 1.807) is 19.1 Å². The molecular formula is C18H18F4. The van der Waals surface area contributed by atoms with E-state index in [1.165, 1.54) is 12.1 Å². The van der Waals surface area contributed by atoms with Gasteiger partial charge in [-0.25, -0.2) is 17.6 Å². The molecule has 3 aliphatic carbocycles. The van der Waals surface area contributed by atoms with E-state index in [9.17, 15) is 17.6 Å². The van der Waals surface area contributed by atoms with E-state index in [0.717, 1.165) is 5.56 Å². The topological polar surface area (TPSA) is 0 Å². The van der Waals surface area contributed by atoms with E-state index in [1.807, 2.05) is 6.92 Å². The summed E-state index contributed by atoms with van der Waals surface area (Å²) < 4.78 is 57.8. The zero-order valence-corrected chi connectivity index (χ0v) is 12.6. The van der Waals surface area contributed by atoms with Gasteiger partial charge in [0.25, 0.3) is 0 Å². The molecule has 1 aromatic carbocycles. The highest BCUT2D eigenvalue weighted by Crippen LogP contribution is 2.64. The molecule has 0 aliphatic heterocycles. The highest BCUT2D eigenvalue weighted by Gasteiger charge is 2.56. The van der Waals surface area contributed by atoms with Crippen LogP contribution in [-0.2, 0) is 0 Å². The van der Waals surface area contributed by atoms with Crippen LogP contribution >= 0.6 is 0 Å². The van der Waals surface area contributed by atoms with Crippen LogP contribution in [0.5, 0.6) is 0 Å². The first-order chi connectivity index (χ1) is 10.3. The van der Waals surface area contributed by atoms with Gasteiger partial charge in [0.1, 0.15) is 17.5 Å². The maximum Gasteiger partial charge on any atom is 0.162 e. The maximum atomic E-state index is 14.8. The van der Waals surface area contributed by atoms with Gasteiger partial charge in [-0.05, 0) is 32.6 Å². The number of benzene rings is 1. The predicted molar refractivity (Wildman–Crippen MR) is 78.6 cm³/mol. The molecular weight excluding hydrogens is 292 g/mol. The van der Waals surface area contributed by atoms with Gasteiger partial charge in [0.2, 0.25) is 0 Å². The van der Waals surface area contributed by atoms with Gasteiger partial charge in [-0.3, -0.25) is 0 Å². The van der Waals surface area contributed by atoms with Crippen molar-refractivity contribution in [3.63, 3.8) is 0 Å². The van der Waals surface area contributed by atoms with Gasteiger partial charge in [-0.2, -0.15) is 0 Å². The molecule has 1 aromatic rings. The molecule has 118 valence electrons. The van der Waals surface area contributed by atoms with Crippen LogP contribution in [0.3, 0.4) is 0 Å². The van der Waals surface area contributed by atoms with Gasteiger partial charge in [-0.1, -0.05) is 36.8 Å². The fourth-order valence-corrected chi connectivity index (χ4v) is 3.50. The zero-order valence-electron chi connectivity index (χ0n) is 12.6. The number of halogens is 4. The van der Waals surface area contributed by atoms with Crippen molar-refractivity contribution in [1.29, 1.82) is 0 Å². The summed E-state index contributed by atoms with van der Waals surface area (Å²) in [6, 6.07) is 6.22. The Hall–Kier alpha value is -1.58. The number of hydrogen-bond donors (Lipinski definition) is 0. The van der Waals surface area contributed by atoms with Gasteiger partial charge in [0, 0.05) is 11.0 Å². The van der Waals surface area contributed by atoms with Gasteiger partial charge in [-0.15, -0.1) is 0 Å². The molecule has 0 atom stereocenters. The van der Waals surface area contributed by atoms with Crippen molar-refractivity contribution < 1.29 is 17.6 Å². The minimum Gasteiger partial charge on any atom is -0.208 e. The molecule has 0 radical (unpaired) electrons. The third-order valence-corrected chi connectivity index (χ3v) is 5.27. The fraction of sp³-hybridized carbons (Fsp3) is 0.444. The Bertz CT molecular complexity index is 659. The molecule has 0 heterocycles. The second-order valence-electron chi connectivity index (χ2n) is 6.76. The third kappa shape index (κ3) is 2.03. The first-order valence-electron chi connectivity index (χ1n) is 7.49. The fourth-order valence-electron chi connectivity index (χ4n) is 3.50. The molecule has 22 heavy (non-hydrogen) atoms. The molecule has 1 saturated carbocycles. The Morgan fingerprint density at radius 3 is 2.00 bits per heavy atom. The summed E-state index contributed by atoms with van der Waals surface area (Å²) in [5.41, 5.74) is -1.63. The normalized spacial score (nSPS) is 32.3. The number of fused-ring (bicyclic) bond motifs is 2. The van der Waals surface area contributed by atoms with Crippen molar-refractivity contribution in [2.24, 2.45) is 10.8 Å². The highest BCUT2D eigenvalue weighted by molar-refractivity contribution is 5.63.